The van der Waals surface area contributed by atoms with Crippen LogP contribution in [0.3, 0.4) is 0 Å². The van der Waals surface area contributed by atoms with E-state index in [0.717, 1.165) is 24.5 Å². The van der Waals surface area contributed by atoms with E-state index in [1.807, 2.05) is 17.0 Å². The largest absolute Gasteiger partial charge is 0.267 e. The van der Waals surface area contributed by atoms with Gasteiger partial charge in [-0.3, -0.25) is 8.11 Å². The van der Waals surface area contributed by atoms with E-state index in [9.17, 15) is 0 Å². The van der Waals surface area contributed by atoms with Gasteiger partial charge in [-0.05, 0) is 32.3 Å². The van der Waals surface area contributed by atoms with Gasteiger partial charge in [0.05, 0.1) is 22.9 Å². The minimum Gasteiger partial charge on any atom is -0.267 e. The molecule has 0 spiro atoms. The monoisotopic (exact) mass is 314 g/mol. The van der Waals surface area contributed by atoms with Gasteiger partial charge in [0.2, 0.25) is 0 Å². The normalized spacial score (nSPS) is 20.5. The Bertz CT molecular complexity index is 380. The highest BCUT2D eigenvalue weighted by Crippen LogP contribution is 2.26. The van der Waals surface area contributed by atoms with Crippen LogP contribution in [0.25, 0.3) is 0 Å². The summed E-state index contributed by atoms with van der Waals surface area (Å²) in [6.07, 6.45) is 5.30. The van der Waals surface area contributed by atoms with Crippen molar-refractivity contribution in [2.45, 2.75) is 27.2 Å². The smallest absolute Gasteiger partial charge is 0.144 e. The molecule has 0 aliphatic carbocycles. The van der Waals surface area contributed by atoms with Crippen LogP contribution in [-0.2, 0) is 0 Å². The molecule has 0 aromatic heterocycles. The topological polar surface area (TPSA) is 15.6 Å². The number of rotatable bonds is 2. The van der Waals surface area contributed by atoms with Gasteiger partial charge in [0.25, 0.3) is 0 Å². The Balaban J connectivity index is 3.08. The van der Waals surface area contributed by atoms with Gasteiger partial charge in [-0.25, -0.2) is 0 Å². The summed E-state index contributed by atoms with van der Waals surface area (Å²) in [5.41, 5.74) is 2.21. The lowest BCUT2D eigenvalue weighted by atomic mass is 10.2. The third-order valence-corrected chi connectivity index (χ3v) is 2.91. The summed E-state index contributed by atoms with van der Waals surface area (Å²) >= 11 is 2.25. The van der Waals surface area contributed by atoms with Crippen molar-refractivity contribution in [1.82, 2.24) is 3.11 Å². The summed E-state index contributed by atoms with van der Waals surface area (Å²) in [6, 6.07) is 0. The first kappa shape index (κ1) is 12.3. The van der Waals surface area contributed by atoms with Crippen LogP contribution >= 0.6 is 22.9 Å². The van der Waals surface area contributed by atoms with Crippen LogP contribution < -0.4 is 0 Å². The molecule has 0 N–H and O–H groups in total. The van der Waals surface area contributed by atoms with Crippen molar-refractivity contribution in [3.63, 3.8) is 0 Å². The van der Waals surface area contributed by atoms with E-state index in [2.05, 4.69) is 58.8 Å². The third-order valence-electron chi connectivity index (χ3n) is 1.93. The Morgan fingerprint density at radius 3 is 2.80 bits per heavy atom. The molecule has 1 aliphatic heterocycles. The van der Waals surface area contributed by atoms with Crippen molar-refractivity contribution in [3.8, 4) is 11.8 Å². The van der Waals surface area contributed by atoms with Gasteiger partial charge in [-0.15, -0.1) is 0 Å². The van der Waals surface area contributed by atoms with Gasteiger partial charge in [0.1, 0.15) is 11.5 Å². The molecule has 80 valence electrons. The molecule has 0 amide bonds. The highest BCUT2D eigenvalue weighted by molar-refractivity contribution is 14.1. The van der Waals surface area contributed by atoms with Crippen LogP contribution in [-0.4, -0.2) is 15.5 Å². The van der Waals surface area contributed by atoms with E-state index in [4.69, 9.17) is 0 Å². The predicted molar refractivity (Wildman–Crippen MR) is 73.7 cm³/mol. The third kappa shape index (κ3) is 2.85. The second-order valence-corrected chi connectivity index (χ2v) is 4.02. The van der Waals surface area contributed by atoms with Crippen LogP contribution in [0.5, 0.6) is 0 Å². The second-order valence-electron chi connectivity index (χ2n) is 3.05. The zero-order chi connectivity index (χ0) is 11.3. The highest BCUT2D eigenvalue weighted by atomic mass is 127. The molecule has 3 heteroatoms. The molecule has 0 saturated carbocycles. The zero-order valence-corrected chi connectivity index (χ0v) is 11.5. The summed E-state index contributed by atoms with van der Waals surface area (Å²) in [5.74, 6) is 7.02. The maximum absolute atomic E-state index is 4.48. The highest BCUT2D eigenvalue weighted by Gasteiger charge is 2.22. The van der Waals surface area contributed by atoms with Crippen molar-refractivity contribution in [1.29, 1.82) is 0 Å². The Morgan fingerprint density at radius 1 is 1.53 bits per heavy atom. The lowest BCUT2D eigenvalue weighted by Gasteiger charge is -2.10. The maximum Gasteiger partial charge on any atom is 0.144 e. The quantitative estimate of drug-likeness (QED) is 0.434. The summed E-state index contributed by atoms with van der Waals surface area (Å²) in [5, 5.41) is 0. The van der Waals surface area contributed by atoms with Crippen LogP contribution in [0.15, 0.2) is 28.4 Å². The lowest BCUT2D eigenvalue weighted by Crippen LogP contribution is -2.14. The van der Waals surface area contributed by atoms with Crippen molar-refractivity contribution < 1.29 is 0 Å². The Morgan fingerprint density at radius 2 is 2.27 bits per heavy atom. The number of allylic oxidation sites excluding steroid dienone is 2. The lowest BCUT2D eigenvalue weighted by molar-refractivity contribution is 0.943. The van der Waals surface area contributed by atoms with Crippen LogP contribution in [0.2, 0.25) is 0 Å². The fraction of sp³-hybridized carbons (Fsp3) is 0.417. The minimum atomic E-state index is 0.802. The van der Waals surface area contributed by atoms with E-state index in [-0.39, 0.29) is 0 Å². The maximum atomic E-state index is 4.48. The number of aliphatic imine (C=N–C) groups is 1. The molecule has 0 atom stereocenters. The van der Waals surface area contributed by atoms with Crippen LogP contribution in [0.4, 0.5) is 0 Å². The average Bonchev–Trinajstić information content (AvgIpc) is 2.49. The first-order chi connectivity index (χ1) is 7.24. The molecular formula is C12H15IN2. The molecule has 0 radical (unpaired) electrons. The molecule has 0 saturated heterocycles. The van der Waals surface area contributed by atoms with Crippen molar-refractivity contribution in [3.05, 3.63) is 23.4 Å². The summed E-state index contributed by atoms with van der Waals surface area (Å²) in [4.78, 5) is 4.48. The number of hydrogen-bond donors (Lipinski definition) is 0. The SMILES string of the molecule is CC#CC1=C/C(=C/CC)C(=NCC)N1I. The molecule has 15 heavy (non-hydrogen) atoms. The second kappa shape index (κ2) is 5.96. The van der Waals surface area contributed by atoms with E-state index in [0.29, 0.717) is 0 Å². The number of amidine groups is 1. The first-order valence-electron chi connectivity index (χ1n) is 5.09. The van der Waals surface area contributed by atoms with Crippen molar-refractivity contribution >= 4 is 28.7 Å². The predicted octanol–water partition coefficient (Wildman–Crippen LogP) is 3.31. The molecule has 0 fully saturated rings. The van der Waals surface area contributed by atoms with Gasteiger partial charge in [0.15, 0.2) is 0 Å². The molecule has 0 unspecified atom stereocenters. The van der Waals surface area contributed by atoms with E-state index in [1.54, 1.807) is 0 Å². The van der Waals surface area contributed by atoms with E-state index < -0.39 is 0 Å². The molecule has 0 aromatic carbocycles. The van der Waals surface area contributed by atoms with Gasteiger partial charge in [-0.2, -0.15) is 0 Å². The zero-order valence-electron chi connectivity index (χ0n) is 9.34. The Labute approximate surface area is 106 Å². The summed E-state index contributed by atoms with van der Waals surface area (Å²) < 4.78 is 2.03. The fourth-order valence-electron chi connectivity index (χ4n) is 1.38. The molecule has 1 rings (SSSR count). The molecular weight excluding hydrogens is 299 g/mol. The molecule has 1 aliphatic rings. The number of halogens is 1. The Hall–Kier alpha value is -0.760. The van der Waals surface area contributed by atoms with E-state index >= 15 is 0 Å². The molecule has 2 nitrogen and oxygen atoms in total. The fourth-order valence-corrected chi connectivity index (χ4v) is 2.07. The van der Waals surface area contributed by atoms with Crippen molar-refractivity contribution in [2.75, 3.05) is 6.54 Å². The number of hydrogen-bond acceptors (Lipinski definition) is 1. The molecule has 0 bridgehead atoms. The standard InChI is InChI=1S/C12H15IN2/c1-4-7-10-9-11(8-5-2)15(13)12(10)14-6-3/h7,9H,4,6H2,1-3H3/b10-7-,14-12?. The van der Waals surface area contributed by atoms with Gasteiger partial charge in [0, 0.05) is 12.1 Å². The van der Waals surface area contributed by atoms with Gasteiger partial charge < -0.3 is 0 Å². The van der Waals surface area contributed by atoms with Gasteiger partial charge >= 0.3 is 0 Å². The molecule has 1 heterocycles. The summed E-state index contributed by atoms with van der Waals surface area (Å²) in [6.45, 7) is 6.83. The van der Waals surface area contributed by atoms with Crippen LogP contribution in [0.1, 0.15) is 27.2 Å². The molecule has 0 aromatic rings. The van der Waals surface area contributed by atoms with Crippen LogP contribution in [0, 0.1) is 11.8 Å². The Kier molecular flexibility index (Phi) is 4.89. The summed E-state index contributed by atoms with van der Waals surface area (Å²) in [7, 11) is 0. The average molecular weight is 314 g/mol. The minimum absolute atomic E-state index is 0.802. The van der Waals surface area contributed by atoms with Crippen molar-refractivity contribution in [2.24, 2.45) is 4.99 Å². The van der Waals surface area contributed by atoms with Gasteiger partial charge in [-0.1, -0.05) is 18.9 Å². The number of nitrogens with zero attached hydrogens (tertiary/aromatic N) is 2. The van der Waals surface area contributed by atoms with E-state index in [1.165, 1.54) is 5.57 Å². The first-order valence-corrected chi connectivity index (χ1v) is 6.06.